The molecule has 0 saturated carbocycles. The largest absolute Gasteiger partial charge is 0.472 e. The van der Waals surface area contributed by atoms with E-state index in [1.165, 1.54) is 103 Å². The van der Waals surface area contributed by atoms with Crippen LogP contribution in [0.3, 0.4) is 0 Å². The Kier molecular flexibility index (Phi) is 42.6. The van der Waals surface area contributed by atoms with Gasteiger partial charge in [0, 0.05) is 19.3 Å². The lowest BCUT2D eigenvalue weighted by atomic mass is 10.0. The predicted octanol–water partition coefficient (Wildman–Crippen LogP) is 13.4. The second-order valence-electron chi connectivity index (χ2n) is 16.6. The van der Waals surface area contributed by atoms with E-state index in [1.54, 1.807) is 0 Å². The third kappa shape index (κ3) is 41.6. The fourth-order valence-corrected chi connectivity index (χ4v) is 7.65. The van der Waals surface area contributed by atoms with Crippen molar-refractivity contribution in [1.82, 2.24) is 0 Å². The lowest BCUT2D eigenvalue weighted by Gasteiger charge is -2.21. The topological polar surface area (TPSA) is 155 Å². The lowest BCUT2D eigenvalue weighted by molar-refractivity contribution is -0.161. The molecule has 0 aliphatic carbocycles. The van der Waals surface area contributed by atoms with E-state index in [9.17, 15) is 28.9 Å². The number of ether oxygens (including phenoxy) is 3. The van der Waals surface area contributed by atoms with Crippen LogP contribution in [0, 0.1) is 0 Å². The molecular weight excluding hydrogens is 783 g/mol. The van der Waals surface area contributed by atoms with Gasteiger partial charge in [0.25, 0.3) is 0 Å². The maximum absolute atomic E-state index is 12.8. The third-order valence-electron chi connectivity index (χ3n) is 10.7. The molecule has 3 atom stereocenters. The molecule has 3 unspecified atom stereocenters. The van der Waals surface area contributed by atoms with Crippen LogP contribution in [0.5, 0.6) is 0 Å². The van der Waals surface area contributed by atoms with E-state index < -0.39 is 57.8 Å². The number of allylic oxidation sites excluding steroid dienone is 2. The zero-order valence-corrected chi connectivity index (χ0v) is 39.6. The number of unbranched alkanes of at least 4 members (excludes halogenated alkanes) is 27. The quantitative estimate of drug-likeness (QED) is 0.0197. The van der Waals surface area contributed by atoms with Crippen molar-refractivity contribution in [1.29, 1.82) is 0 Å². The predicted molar refractivity (Wildman–Crippen MR) is 243 cm³/mol. The van der Waals surface area contributed by atoms with Crippen molar-refractivity contribution in [2.24, 2.45) is 0 Å². The number of esters is 3. The summed E-state index contributed by atoms with van der Waals surface area (Å²) in [7, 11) is -4.72. The molecule has 11 nitrogen and oxygen atoms in total. The molecule has 0 aromatic heterocycles. The fraction of sp³-hybridized carbons (Fsp3) is 0.896. The van der Waals surface area contributed by atoms with Gasteiger partial charge in [-0.25, -0.2) is 4.57 Å². The highest BCUT2D eigenvalue weighted by atomic mass is 31.2. The maximum Gasteiger partial charge on any atom is 0.472 e. The Balaban J connectivity index is 4.72. The first-order valence-corrected chi connectivity index (χ1v) is 26.1. The molecule has 0 aliphatic rings. The van der Waals surface area contributed by atoms with Crippen molar-refractivity contribution in [3.8, 4) is 0 Å². The Morgan fingerprint density at radius 1 is 0.450 bits per heavy atom. The summed E-state index contributed by atoms with van der Waals surface area (Å²) in [5, 5.41) is 9.71. The summed E-state index contributed by atoms with van der Waals surface area (Å²) in [6.07, 6.45) is 37.7. The molecule has 60 heavy (non-hydrogen) atoms. The van der Waals surface area contributed by atoms with E-state index in [0.717, 1.165) is 77.0 Å². The lowest BCUT2D eigenvalue weighted by Crippen LogP contribution is -2.30. The third-order valence-corrected chi connectivity index (χ3v) is 11.6. The van der Waals surface area contributed by atoms with Crippen LogP contribution in [0.2, 0.25) is 0 Å². The van der Waals surface area contributed by atoms with Crippen molar-refractivity contribution in [2.45, 2.75) is 251 Å². The number of aliphatic hydroxyl groups excluding tert-OH is 1. The van der Waals surface area contributed by atoms with E-state index in [1.807, 2.05) is 0 Å². The van der Waals surface area contributed by atoms with Gasteiger partial charge < -0.3 is 24.2 Å². The van der Waals surface area contributed by atoms with Crippen LogP contribution in [0.25, 0.3) is 0 Å². The summed E-state index contributed by atoms with van der Waals surface area (Å²) in [6, 6.07) is 0. The van der Waals surface area contributed by atoms with Gasteiger partial charge in [-0.1, -0.05) is 193 Å². The Hall–Kier alpha value is -1.78. The van der Waals surface area contributed by atoms with Crippen molar-refractivity contribution in [3.05, 3.63) is 12.2 Å². The number of rotatable bonds is 46. The average molecular weight is 875 g/mol. The molecule has 12 heteroatoms. The van der Waals surface area contributed by atoms with Crippen LogP contribution in [0.1, 0.15) is 239 Å². The number of carbonyl (C=O) groups is 3. The molecule has 0 aromatic rings. The van der Waals surface area contributed by atoms with Gasteiger partial charge >= 0.3 is 25.7 Å². The molecule has 0 spiro atoms. The normalized spacial score (nSPS) is 13.6. The standard InChI is InChI=1S/C48H91O11P/c1-4-7-10-13-16-19-21-22-24-26-28-31-34-37-46(50)55-41-45(59-48(52)39-36-33-30-27-23-20-17-14-11-8-5-2)43-57-60(53,54)56-42-44(40-49)58-47(51)38-35-32-29-25-18-15-12-9-6-3/h14,17,44-45,49H,4-13,15-16,18-43H2,1-3H3,(H,53,54)/b17-14-. The second-order valence-corrected chi connectivity index (χ2v) is 18.1. The van der Waals surface area contributed by atoms with Crippen molar-refractivity contribution in [2.75, 3.05) is 26.4 Å². The number of carbonyl (C=O) groups excluding carboxylic acids is 3. The Morgan fingerprint density at radius 3 is 1.20 bits per heavy atom. The highest BCUT2D eigenvalue weighted by Gasteiger charge is 2.28. The van der Waals surface area contributed by atoms with Crippen LogP contribution in [0.4, 0.5) is 0 Å². The Bertz CT molecular complexity index is 1070. The van der Waals surface area contributed by atoms with Crippen LogP contribution >= 0.6 is 7.82 Å². The Morgan fingerprint density at radius 2 is 0.783 bits per heavy atom. The Labute approximate surface area is 366 Å². The van der Waals surface area contributed by atoms with E-state index in [-0.39, 0.29) is 25.9 Å². The van der Waals surface area contributed by atoms with Crippen LogP contribution < -0.4 is 0 Å². The first-order valence-electron chi connectivity index (χ1n) is 24.6. The molecule has 0 fully saturated rings. The van der Waals surface area contributed by atoms with E-state index in [2.05, 4.69) is 32.9 Å². The van der Waals surface area contributed by atoms with Gasteiger partial charge in [-0.05, 0) is 38.5 Å². The van der Waals surface area contributed by atoms with Gasteiger partial charge in [-0.2, -0.15) is 0 Å². The van der Waals surface area contributed by atoms with Crippen molar-refractivity contribution in [3.63, 3.8) is 0 Å². The number of phosphoric ester groups is 1. The maximum atomic E-state index is 12.8. The summed E-state index contributed by atoms with van der Waals surface area (Å²) >= 11 is 0. The summed E-state index contributed by atoms with van der Waals surface area (Å²) < 4.78 is 39.2. The fourth-order valence-electron chi connectivity index (χ4n) is 6.87. The molecule has 0 amide bonds. The summed E-state index contributed by atoms with van der Waals surface area (Å²) in [5.41, 5.74) is 0. The second kappa shape index (κ2) is 43.9. The molecule has 0 aliphatic heterocycles. The van der Waals surface area contributed by atoms with E-state index >= 15 is 0 Å². The molecule has 2 N–H and O–H groups in total. The molecule has 0 aromatic carbocycles. The minimum atomic E-state index is -4.72. The van der Waals surface area contributed by atoms with E-state index in [4.69, 9.17) is 23.3 Å². The minimum Gasteiger partial charge on any atom is -0.462 e. The smallest absolute Gasteiger partial charge is 0.462 e. The highest BCUT2D eigenvalue weighted by Crippen LogP contribution is 2.43. The summed E-state index contributed by atoms with van der Waals surface area (Å²) in [5.74, 6) is -1.46. The molecule has 0 rings (SSSR count). The molecule has 354 valence electrons. The zero-order chi connectivity index (χ0) is 44.2. The van der Waals surface area contributed by atoms with Crippen LogP contribution in [0.15, 0.2) is 12.2 Å². The molecule has 0 radical (unpaired) electrons. The van der Waals surface area contributed by atoms with Gasteiger partial charge in [-0.15, -0.1) is 0 Å². The molecular formula is C48H91O11P. The van der Waals surface area contributed by atoms with Crippen LogP contribution in [-0.4, -0.2) is 66.5 Å². The van der Waals surface area contributed by atoms with Crippen LogP contribution in [-0.2, 0) is 42.2 Å². The van der Waals surface area contributed by atoms with Gasteiger partial charge in [-0.3, -0.25) is 23.4 Å². The number of phosphoric acid groups is 1. The average Bonchev–Trinajstić information content (AvgIpc) is 3.23. The van der Waals surface area contributed by atoms with Crippen molar-refractivity contribution < 1.29 is 52.2 Å². The van der Waals surface area contributed by atoms with Gasteiger partial charge in [0.15, 0.2) is 6.10 Å². The first kappa shape index (κ1) is 58.2. The highest BCUT2D eigenvalue weighted by molar-refractivity contribution is 7.47. The van der Waals surface area contributed by atoms with E-state index in [0.29, 0.717) is 19.3 Å². The summed E-state index contributed by atoms with van der Waals surface area (Å²) in [4.78, 5) is 48.0. The zero-order valence-electron chi connectivity index (χ0n) is 38.7. The monoisotopic (exact) mass is 875 g/mol. The molecule has 0 heterocycles. The molecule has 0 bridgehead atoms. The number of hydrogen-bond donors (Lipinski definition) is 2. The van der Waals surface area contributed by atoms with Gasteiger partial charge in [0.05, 0.1) is 19.8 Å². The number of hydrogen-bond acceptors (Lipinski definition) is 10. The summed E-state index contributed by atoms with van der Waals surface area (Å²) in [6.45, 7) is 4.57. The van der Waals surface area contributed by atoms with Gasteiger partial charge in [0.2, 0.25) is 0 Å². The minimum absolute atomic E-state index is 0.163. The molecule has 0 saturated heterocycles. The number of aliphatic hydroxyl groups is 1. The first-order chi connectivity index (χ1) is 29.2. The van der Waals surface area contributed by atoms with Gasteiger partial charge in [0.1, 0.15) is 12.7 Å². The van der Waals surface area contributed by atoms with Crippen molar-refractivity contribution >= 4 is 25.7 Å². The SMILES string of the molecule is CCCC/C=C\CCCCCCCC(=O)OC(COC(=O)CCCCCCCCCCCCCCC)COP(=O)(O)OCC(CO)OC(=O)CCCCCCCCCCC.